The Kier molecular flexibility index (Phi) is 3.86. The zero-order valence-corrected chi connectivity index (χ0v) is 14.2. The van der Waals surface area contributed by atoms with Gasteiger partial charge in [-0.15, -0.1) is 4.68 Å². The van der Waals surface area contributed by atoms with Gasteiger partial charge >= 0.3 is 0 Å². The number of aromatic amines is 1. The van der Waals surface area contributed by atoms with Crippen LogP contribution in [0.5, 0.6) is 0 Å². The molecule has 0 fully saturated rings. The van der Waals surface area contributed by atoms with Crippen molar-refractivity contribution in [3.63, 3.8) is 0 Å². The Balaban J connectivity index is 2.13. The second-order valence-electron chi connectivity index (χ2n) is 6.72. The van der Waals surface area contributed by atoms with Crippen molar-refractivity contribution in [1.82, 2.24) is 20.1 Å². The minimum Gasteiger partial charge on any atom is -0.238 e. The van der Waals surface area contributed by atoms with E-state index in [9.17, 15) is 0 Å². The van der Waals surface area contributed by atoms with Crippen molar-refractivity contribution in [3.05, 3.63) is 54.0 Å². The monoisotopic (exact) mass is 319 g/mol. The van der Waals surface area contributed by atoms with Crippen LogP contribution in [-0.2, 0) is 12.5 Å². The van der Waals surface area contributed by atoms with Gasteiger partial charge < -0.3 is 0 Å². The van der Waals surface area contributed by atoms with Crippen LogP contribution in [0.25, 0.3) is 27.5 Å². The lowest BCUT2D eigenvalue weighted by molar-refractivity contribution is -0.726. The summed E-state index contributed by atoms with van der Waals surface area (Å²) < 4.78 is 1.86. The molecule has 2 heterocycles. The number of aromatic nitrogens is 5. The Morgan fingerprint density at radius 1 is 1.12 bits per heavy atom. The molecule has 0 amide bonds. The highest BCUT2D eigenvalue weighted by atomic mass is 15.2. The molecule has 0 saturated carbocycles. The maximum atomic E-state index is 7.37. The van der Waals surface area contributed by atoms with E-state index in [1.165, 1.54) is 6.33 Å². The molecule has 2 aromatic heterocycles. The predicted molar refractivity (Wildman–Crippen MR) is 91.2 cm³/mol. The quantitative estimate of drug-likeness (QED) is 0.583. The largest absolute Gasteiger partial charge is 0.238 e. The first-order chi connectivity index (χ1) is 11.4. The summed E-state index contributed by atoms with van der Waals surface area (Å²) in [6, 6.07) is 7.62. The van der Waals surface area contributed by atoms with E-state index in [-0.39, 0.29) is 5.41 Å². The molecular formula is C18H19N6+. The predicted octanol–water partition coefficient (Wildman–Crippen LogP) is 3.21. The van der Waals surface area contributed by atoms with Gasteiger partial charge in [0.05, 0.1) is 6.57 Å². The van der Waals surface area contributed by atoms with E-state index in [1.807, 2.05) is 36.1 Å². The van der Waals surface area contributed by atoms with Gasteiger partial charge in [0.2, 0.25) is 0 Å². The van der Waals surface area contributed by atoms with Crippen molar-refractivity contribution in [2.45, 2.75) is 26.2 Å². The van der Waals surface area contributed by atoms with Crippen LogP contribution in [0.15, 0.2) is 36.8 Å². The Labute approximate surface area is 141 Å². The van der Waals surface area contributed by atoms with Gasteiger partial charge in [-0.05, 0) is 23.8 Å². The fraction of sp³-hybridized carbons (Fsp3) is 0.278. The summed E-state index contributed by atoms with van der Waals surface area (Å²) in [5, 5.41) is 3.22. The molecule has 0 unspecified atom stereocenters. The van der Waals surface area contributed by atoms with Gasteiger partial charge in [0.25, 0.3) is 0 Å². The second kappa shape index (κ2) is 5.85. The number of hydrogen-bond acceptors (Lipinski definition) is 3. The maximum absolute atomic E-state index is 7.37. The molecule has 1 N–H and O–H groups in total. The number of aryl methyl sites for hydroxylation is 1. The van der Waals surface area contributed by atoms with Crippen molar-refractivity contribution in [2.75, 3.05) is 0 Å². The molecule has 6 heteroatoms. The third kappa shape index (κ3) is 3.15. The van der Waals surface area contributed by atoms with Crippen LogP contribution >= 0.6 is 0 Å². The van der Waals surface area contributed by atoms with E-state index >= 15 is 0 Å². The van der Waals surface area contributed by atoms with E-state index in [0.717, 1.165) is 22.6 Å². The molecule has 1 aromatic carbocycles. The van der Waals surface area contributed by atoms with Gasteiger partial charge in [-0.2, -0.15) is 5.10 Å². The molecule has 6 nitrogen and oxygen atoms in total. The Morgan fingerprint density at radius 2 is 1.88 bits per heavy atom. The van der Waals surface area contributed by atoms with Crippen molar-refractivity contribution in [3.8, 4) is 22.6 Å². The van der Waals surface area contributed by atoms with Gasteiger partial charge in [-0.3, -0.25) is 0 Å². The van der Waals surface area contributed by atoms with Gasteiger partial charge in [-0.1, -0.05) is 20.8 Å². The van der Waals surface area contributed by atoms with Crippen LogP contribution in [0.3, 0.4) is 0 Å². The number of rotatable bonds is 2. The normalized spacial score (nSPS) is 11.3. The number of nitrogens with one attached hydrogen (secondary N) is 1. The van der Waals surface area contributed by atoms with Crippen LogP contribution in [0, 0.1) is 6.57 Å². The minimum absolute atomic E-state index is 0.162. The van der Waals surface area contributed by atoms with Crippen molar-refractivity contribution in [2.24, 2.45) is 7.05 Å². The van der Waals surface area contributed by atoms with E-state index in [0.29, 0.717) is 11.5 Å². The molecule has 0 atom stereocenters. The topological polar surface area (TPSA) is 62.7 Å². The summed E-state index contributed by atoms with van der Waals surface area (Å²) >= 11 is 0. The SMILES string of the molecule is [C-]#[N+]c1cc(-c2ncnc(C(C)(C)C)n2)cc(-c2cc[n+](C)[nH]2)c1. The number of hydrogen-bond donors (Lipinski definition) is 1. The number of benzene rings is 1. The van der Waals surface area contributed by atoms with Crippen LogP contribution < -0.4 is 4.68 Å². The Morgan fingerprint density at radius 3 is 2.50 bits per heavy atom. The molecule has 0 aliphatic rings. The van der Waals surface area contributed by atoms with Crippen LogP contribution in [-0.4, -0.2) is 20.1 Å². The van der Waals surface area contributed by atoms with Crippen LogP contribution in [0.2, 0.25) is 0 Å². The highest BCUT2D eigenvalue weighted by Crippen LogP contribution is 2.29. The Hall–Kier alpha value is -3.07. The molecule has 0 saturated heterocycles. The van der Waals surface area contributed by atoms with Crippen molar-refractivity contribution >= 4 is 5.69 Å². The number of H-pyrrole nitrogens is 1. The molecular weight excluding hydrogens is 300 g/mol. The first kappa shape index (κ1) is 15.8. The van der Waals surface area contributed by atoms with E-state index < -0.39 is 0 Å². The van der Waals surface area contributed by atoms with Crippen LogP contribution in [0.4, 0.5) is 5.69 Å². The first-order valence-corrected chi connectivity index (χ1v) is 7.64. The fourth-order valence-electron chi connectivity index (χ4n) is 2.37. The molecule has 0 aliphatic carbocycles. The standard InChI is InChI=1S/C18H18N6/c1-18(2,3)17-21-11-20-16(22-17)13-8-12(9-14(10-13)19-4)15-6-7-24(5)23-15/h6-11H,1-3,5H3/p+1. The van der Waals surface area contributed by atoms with Crippen LogP contribution in [0.1, 0.15) is 26.6 Å². The van der Waals surface area contributed by atoms with Crippen molar-refractivity contribution in [1.29, 1.82) is 0 Å². The highest BCUT2D eigenvalue weighted by molar-refractivity contribution is 5.74. The van der Waals surface area contributed by atoms with E-state index in [4.69, 9.17) is 6.57 Å². The smallest absolute Gasteiger partial charge is 0.195 e. The average molecular weight is 319 g/mol. The summed E-state index contributed by atoms with van der Waals surface area (Å²) in [5.41, 5.74) is 3.07. The van der Waals surface area contributed by atoms with Gasteiger partial charge in [0, 0.05) is 17.0 Å². The summed E-state index contributed by atoms with van der Waals surface area (Å²) in [4.78, 5) is 16.7. The molecule has 0 aliphatic heterocycles. The molecule has 24 heavy (non-hydrogen) atoms. The molecule has 3 aromatic rings. The lowest BCUT2D eigenvalue weighted by Crippen LogP contribution is -2.28. The summed E-state index contributed by atoms with van der Waals surface area (Å²) in [6.07, 6.45) is 3.46. The van der Waals surface area contributed by atoms with Gasteiger partial charge in [0.1, 0.15) is 17.8 Å². The van der Waals surface area contributed by atoms with Crippen molar-refractivity contribution < 1.29 is 4.68 Å². The molecule has 3 rings (SSSR count). The molecule has 0 bridgehead atoms. The lowest BCUT2D eigenvalue weighted by atomic mass is 9.96. The van der Waals surface area contributed by atoms with E-state index in [2.05, 4.69) is 45.7 Å². The first-order valence-electron chi connectivity index (χ1n) is 7.64. The fourth-order valence-corrected chi connectivity index (χ4v) is 2.37. The zero-order valence-electron chi connectivity index (χ0n) is 14.2. The molecule has 0 radical (unpaired) electrons. The zero-order chi connectivity index (χ0) is 17.3. The molecule has 120 valence electrons. The molecule has 0 spiro atoms. The Bertz CT molecular complexity index is 927. The minimum atomic E-state index is -0.162. The third-order valence-corrected chi connectivity index (χ3v) is 3.62. The third-order valence-electron chi connectivity index (χ3n) is 3.62. The lowest BCUT2D eigenvalue weighted by Gasteiger charge is -2.16. The summed E-state index contributed by atoms with van der Waals surface area (Å²) in [5.74, 6) is 1.31. The van der Waals surface area contributed by atoms with Gasteiger partial charge in [-0.25, -0.2) is 19.8 Å². The second-order valence-corrected chi connectivity index (χ2v) is 6.72. The number of nitrogens with zero attached hydrogens (tertiary/aromatic N) is 5. The maximum Gasteiger partial charge on any atom is 0.195 e. The summed E-state index contributed by atoms with van der Waals surface area (Å²) in [7, 11) is 1.92. The van der Waals surface area contributed by atoms with E-state index in [1.54, 1.807) is 6.07 Å². The summed E-state index contributed by atoms with van der Waals surface area (Å²) in [6.45, 7) is 13.5. The average Bonchev–Trinajstić information content (AvgIpc) is 3.00. The highest BCUT2D eigenvalue weighted by Gasteiger charge is 2.19. The van der Waals surface area contributed by atoms with Gasteiger partial charge in [0.15, 0.2) is 24.8 Å².